The highest BCUT2D eigenvalue weighted by molar-refractivity contribution is 6.30. The normalized spacial score (nSPS) is 13.8. The summed E-state index contributed by atoms with van der Waals surface area (Å²) in [5.41, 5.74) is 1.54. The molecule has 1 aliphatic heterocycles. The number of fused-ring (bicyclic) bond motifs is 1. The summed E-state index contributed by atoms with van der Waals surface area (Å²) in [6.07, 6.45) is 0.282. The van der Waals surface area contributed by atoms with Crippen LogP contribution in [0.5, 0.6) is 11.5 Å². The maximum Gasteiger partial charge on any atom is 0.231 e. The van der Waals surface area contributed by atoms with Crippen molar-refractivity contribution in [3.8, 4) is 11.5 Å². The highest BCUT2D eigenvalue weighted by Gasteiger charge is 2.21. The molecule has 0 fully saturated rings. The van der Waals surface area contributed by atoms with Crippen molar-refractivity contribution >= 4 is 17.4 Å². The first-order valence-electron chi connectivity index (χ1n) is 7.51. The molecule has 2 aromatic carbocycles. The van der Waals surface area contributed by atoms with E-state index < -0.39 is 0 Å². The molecule has 3 rings (SSSR count). The summed E-state index contributed by atoms with van der Waals surface area (Å²) in [6, 6.07) is 12.5. The fourth-order valence-corrected chi connectivity index (χ4v) is 2.69. The molecule has 1 aliphatic rings. The van der Waals surface area contributed by atoms with Crippen molar-refractivity contribution in [3.63, 3.8) is 0 Å². The predicted octanol–water partition coefficient (Wildman–Crippen LogP) is 4.00. The number of Topliss-reactive ketones (excluding diaryl/α,β-unsaturated/α-hetero) is 1. The molecule has 2 aromatic rings. The van der Waals surface area contributed by atoms with Crippen LogP contribution in [0.25, 0.3) is 0 Å². The molecule has 0 bridgehead atoms. The Kier molecular flexibility index (Phi) is 5.35. The van der Waals surface area contributed by atoms with Crippen LogP contribution in [0.15, 0.2) is 42.5 Å². The van der Waals surface area contributed by atoms with E-state index in [2.05, 4.69) is 0 Å². The number of benzene rings is 2. The van der Waals surface area contributed by atoms with Gasteiger partial charge in [-0.1, -0.05) is 17.7 Å². The molecular formula is C18H17ClO5. The van der Waals surface area contributed by atoms with Crippen LogP contribution in [0, 0.1) is 0 Å². The average molecular weight is 349 g/mol. The first-order chi connectivity index (χ1) is 11.7. The van der Waals surface area contributed by atoms with Gasteiger partial charge in [0.1, 0.15) is 0 Å². The van der Waals surface area contributed by atoms with Gasteiger partial charge in [-0.05, 0) is 42.0 Å². The molecule has 0 radical (unpaired) electrons. The van der Waals surface area contributed by atoms with Gasteiger partial charge in [0.2, 0.25) is 6.79 Å². The zero-order chi connectivity index (χ0) is 16.9. The average Bonchev–Trinajstić information content (AvgIpc) is 3.06. The standard InChI is InChI=1S/C18H17ClO5/c1-21-24-10-14(8-16(20)12-2-5-15(19)6-3-12)13-4-7-17-18(9-13)23-11-22-17/h2-7,9,14H,8,10-11H2,1H3. The van der Waals surface area contributed by atoms with E-state index in [0.717, 1.165) is 5.56 Å². The second-order valence-electron chi connectivity index (χ2n) is 5.40. The summed E-state index contributed by atoms with van der Waals surface area (Å²) in [5, 5.41) is 0.599. The molecule has 0 spiro atoms. The van der Waals surface area contributed by atoms with Crippen molar-refractivity contribution < 1.29 is 24.0 Å². The number of ether oxygens (including phenoxy) is 2. The molecule has 0 aromatic heterocycles. The second-order valence-corrected chi connectivity index (χ2v) is 5.83. The molecule has 1 unspecified atom stereocenters. The highest BCUT2D eigenvalue weighted by Crippen LogP contribution is 2.35. The Morgan fingerprint density at radius 1 is 1.17 bits per heavy atom. The van der Waals surface area contributed by atoms with Gasteiger partial charge in [-0.2, -0.15) is 0 Å². The zero-order valence-corrected chi connectivity index (χ0v) is 13.9. The number of hydrogen-bond donors (Lipinski definition) is 0. The van der Waals surface area contributed by atoms with Gasteiger partial charge >= 0.3 is 0 Å². The minimum atomic E-state index is -0.164. The van der Waals surface area contributed by atoms with E-state index in [1.54, 1.807) is 24.3 Å². The Labute approximate surface area is 145 Å². The molecule has 0 saturated carbocycles. The first-order valence-corrected chi connectivity index (χ1v) is 7.89. The van der Waals surface area contributed by atoms with Crippen LogP contribution in [0.3, 0.4) is 0 Å². The molecule has 0 aliphatic carbocycles. The minimum absolute atomic E-state index is 0.00837. The molecule has 6 heteroatoms. The molecule has 0 amide bonds. The predicted molar refractivity (Wildman–Crippen MR) is 88.7 cm³/mol. The minimum Gasteiger partial charge on any atom is -0.454 e. The first kappa shape index (κ1) is 16.8. The number of carbonyl (C=O) groups excluding carboxylic acids is 1. The van der Waals surface area contributed by atoms with Gasteiger partial charge in [-0.25, -0.2) is 9.78 Å². The summed E-state index contributed by atoms with van der Waals surface area (Å²) >= 11 is 5.87. The Morgan fingerprint density at radius 2 is 1.92 bits per heavy atom. The van der Waals surface area contributed by atoms with Crippen LogP contribution in [-0.4, -0.2) is 26.3 Å². The van der Waals surface area contributed by atoms with Crippen LogP contribution in [0.1, 0.15) is 28.3 Å². The van der Waals surface area contributed by atoms with E-state index in [-0.39, 0.29) is 31.5 Å². The summed E-state index contributed by atoms with van der Waals surface area (Å²) in [7, 11) is 1.44. The number of halogens is 1. The van der Waals surface area contributed by atoms with Gasteiger partial charge in [0, 0.05) is 22.9 Å². The zero-order valence-electron chi connectivity index (χ0n) is 13.2. The highest BCUT2D eigenvalue weighted by atomic mass is 35.5. The molecule has 1 atom stereocenters. The SMILES string of the molecule is COOCC(CC(=O)c1ccc(Cl)cc1)c1ccc2c(c1)OCO2. The van der Waals surface area contributed by atoms with Crippen molar-refractivity contribution in [1.29, 1.82) is 0 Å². The van der Waals surface area contributed by atoms with Gasteiger partial charge in [-0.15, -0.1) is 0 Å². The Morgan fingerprint density at radius 3 is 2.67 bits per heavy atom. The summed E-state index contributed by atoms with van der Waals surface area (Å²) in [5.74, 6) is 1.22. The molecule has 126 valence electrons. The molecule has 0 N–H and O–H groups in total. The van der Waals surface area contributed by atoms with E-state index in [0.29, 0.717) is 22.1 Å². The van der Waals surface area contributed by atoms with E-state index >= 15 is 0 Å². The van der Waals surface area contributed by atoms with Crippen LogP contribution < -0.4 is 9.47 Å². The van der Waals surface area contributed by atoms with E-state index in [4.69, 9.17) is 30.8 Å². The Balaban J connectivity index is 1.78. The summed E-state index contributed by atoms with van der Waals surface area (Å²) in [6.45, 7) is 0.469. The lowest BCUT2D eigenvalue weighted by Gasteiger charge is -2.16. The lowest BCUT2D eigenvalue weighted by Crippen LogP contribution is -2.13. The molecule has 1 heterocycles. The topological polar surface area (TPSA) is 54.0 Å². The van der Waals surface area contributed by atoms with Crippen LogP contribution in [0.4, 0.5) is 0 Å². The van der Waals surface area contributed by atoms with Gasteiger partial charge in [0.15, 0.2) is 17.3 Å². The van der Waals surface area contributed by atoms with Crippen LogP contribution in [0.2, 0.25) is 5.02 Å². The number of rotatable bonds is 7. The van der Waals surface area contributed by atoms with E-state index in [1.807, 2.05) is 18.2 Å². The smallest absolute Gasteiger partial charge is 0.231 e. The summed E-state index contributed by atoms with van der Waals surface area (Å²) in [4.78, 5) is 22.3. The molecule has 5 nitrogen and oxygen atoms in total. The largest absolute Gasteiger partial charge is 0.454 e. The molecule has 24 heavy (non-hydrogen) atoms. The van der Waals surface area contributed by atoms with E-state index in [9.17, 15) is 4.79 Å². The van der Waals surface area contributed by atoms with Gasteiger partial charge in [0.05, 0.1) is 13.7 Å². The third-order valence-electron chi connectivity index (χ3n) is 3.85. The molecule has 0 saturated heterocycles. The van der Waals surface area contributed by atoms with Crippen molar-refractivity contribution in [1.82, 2.24) is 0 Å². The maximum absolute atomic E-state index is 12.5. The number of carbonyl (C=O) groups is 1. The number of ketones is 1. The van der Waals surface area contributed by atoms with Crippen LogP contribution >= 0.6 is 11.6 Å². The fraction of sp³-hybridized carbons (Fsp3) is 0.278. The quantitative estimate of drug-likeness (QED) is 0.430. The summed E-state index contributed by atoms with van der Waals surface area (Å²) < 4.78 is 10.7. The maximum atomic E-state index is 12.5. The third kappa shape index (κ3) is 3.87. The van der Waals surface area contributed by atoms with Crippen LogP contribution in [-0.2, 0) is 9.78 Å². The monoisotopic (exact) mass is 348 g/mol. The van der Waals surface area contributed by atoms with E-state index in [1.165, 1.54) is 7.11 Å². The third-order valence-corrected chi connectivity index (χ3v) is 4.11. The van der Waals surface area contributed by atoms with Crippen molar-refractivity contribution in [3.05, 3.63) is 58.6 Å². The Hall–Kier alpha value is -2.08. The van der Waals surface area contributed by atoms with Gasteiger partial charge < -0.3 is 9.47 Å². The fourth-order valence-electron chi connectivity index (χ4n) is 2.57. The van der Waals surface area contributed by atoms with Crippen molar-refractivity contribution in [2.75, 3.05) is 20.5 Å². The van der Waals surface area contributed by atoms with Gasteiger partial charge in [-0.3, -0.25) is 4.79 Å². The lowest BCUT2D eigenvalue weighted by atomic mass is 9.92. The number of hydrogen-bond acceptors (Lipinski definition) is 5. The van der Waals surface area contributed by atoms with Crippen molar-refractivity contribution in [2.24, 2.45) is 0 Å². The van der Waals surface area contributed by atoms with Crippen molar-refractivity contribution in [2.45, 2.75) is 12.3 Å². The lowest BCUT2D eigenvalue weighted by molar-refractivity contribution is -0.275. The Bertz CT molecular complexity index is 714. The second kappa shape index (κ2) is 7.66. The van der Waals surface area contributed by atoms with Gasteiger partial charge in [0.25, 0.3) is 0 Å². The molecular weight excluding hydrogens is 332 g/mol.